The molecule has 0 aliphatic heterocycles. The van der Waals surface area contributed by atoms with Gasteiger partial charge in [-0.1, -0.05) is 17.3 Å². The lowest BCUT2D eigenvalue weighted by Gasteiger charge is -2.07. The highest BCUT2D eigenvalue weighted by Crippen LogP contribution is 2.58. The predicted octanol–water partition coefficient (Wildman–Crippen LogP) is 2.37. The standard InChI is InChI=1S/C17H17N5O/c18-15-9-14(12-8-13(12)15)17-20-16(21-23-17)10-3-1-4-11(7-10)22-6-2-5-19-22/h1-7,12-15H,8-9,18H2/t12-,13+,14-,15+/m0/s1. The molecule has 4 atom stereocenters. The van der Waals surface area contributed by atoms with Crippen LogP contribution in [-0.4, -0.2) is 26.0 Å². The Hall–Kier alpha value is -2.47. The molecule has 0 bridgehead atoms. The lowest BCUT2D eigenvalue weighted by atomic mass is 10.0. The van der Waals surface area contributed by atoms with Crippen LogP contribution in [0.5, 0.6) is 0 Å². The third-order valence-electron chi connectivity index (χ3n) is 5.12. The monoisotopic (exact) mass is 307 g/mol. The molecule has 2 saturated carbocycles. The predicted molar refractivity (Wildman–Crippen MR) is 83.8 cm³/mol. The summed E-state index contributed by atoms with van der Waals surface area (Å²) >= 11 is 0. The quantitative estimate of drug-likeness (QED) is 0.803. The van der Waals surface area contributed by atoms with Gasteiger partial charge in [-0.15, -0.1) is 0 Å². The fraction of sp³-hybridized carbons (Fsp3) is 0.353. The van der Waals surface area contributed by atoms with Crippen molar-refractivity contribution in [3.63, 3.8) is 0 Å². The van der Waals surface area contributed by atoms with Gasteiger partial charge in [0.2, 0.25) is 11.7 Å². The molecule has 116 valence electrons. The summed E-state index contributed by atoms with van der Waals surface area (Å²) in [6.07, 6.45) is 5.84. The highest BCUT2D eigenvalue weighted by molar-refractivity contribution is 5.58. The van der Waals surface area contributed by atoms with Crippen LogP contribution in [0.1, 0.15) is 24.7 Å². The average Bonchev–Trinajstić information content (AvgIpc) is 2.98. The molecule has 6 heteroatoms. The van der Waals surface area contributed by atoms with Gasteiger partial charge in [0, 0.05) is 29.9 Å². The first kappa shape index (κ1) is 13.0. The van der Waals surface area contributed by atoms with E-state index in [-0.39, 0.29) is 0 Å². The van der Waals surface area contributed by atoms with Crippen LogP contribution < -0.4 is 5.73 Å². The Morgan fingerprint density at radius 1 is 1.17 bits per heavy atom. The maximum atomic E-state index is 6.14. The molecule has 2 N–H and O–H groups in total. The highest BCUT2D eigenvalue weighted by Gasteiger charge is 2.55. The van der Waals surface area contributed by atoms with E-state index < -0.39 is 0 Å². The second-order valence-electron chi connectivity index (χ2n) is 6.53. The van der Waals surface area contributed by atoms with Crippen molar-refractivity contribution in [2.45, 2.75) is 24.8 Å². The Morgan fingerprint density at radius 2 is 2.13 bits per heavy atom. The van der Waals surface area contributed by atoms with E-state index in [9.17, 15) is 0 Å². The van der Waals surface area contributed by atoms with Gasteiger partial charge in [-0.3, -0.25) is 0 Å². The Kier molecular flexibility index (Phi) is 2.69. The smallest absolute Gasteiger partial charge is 0.230 e. The van der Waals surface area contributed by atoms with Gasteiger partial charge >= 0.3 is 0 Å². The molecule has 0 radical (unpaired) electrons. The zero-order valence-electron chi connectivity index (χ0n) is 12.5. The molecule has 6 nitrogen and oxygen atoms in total. The Bertz CT molecular complexity index is 840. The summed E-state index contributed by atoms with van der Waals surface area (Å²) in [4.78, 5) is 4.63. The van der Waals surface area contributed by atoms with Crippen molar-refractivity contribution in [3.8, 4) is 17.1 Å². The number of rotatable bonds is 3. The minimum Gasteiger partial charge on any atom is -0.339 e. The molecule has 2 aliphatic carbocycles. The first-order valence-electron chi connectivity index (χ1n) is 7.99. The van der Waals surface area contributed by atoms with Gasteiger partial charge in [0.15, 0.2) is 0 Å². The molecule has 2 aromatic heterocycles. The summed E-state index contributed by atoms with van der Waals surface area (Å²) in [5, 5.41) is 8.43. The van der Waals surface area contributed by atoms with Crippen LogP contribution in [0.25, 0.3) is 17.1 Å². The van der Waals surface area contributed by atoms with Crippen LogP contribution >= 0.6 is 0 Å². The summed E-state index contributed by atoms with van der Waals surface area (Å²) in [6.45, 7) is 0. The summed E-state index contributed by atoms with van der Waals surface area (Å²) in [5.74, 6) is 3.02. The SMILES string of the molecule is N[C@@H]1C[C@H](c2nc(-c3cccc(-n4cccn4)c3)no2)[C@H]2C[C@H]21. The summed E-state index contributed by atoms with van der Waals surface area (Å²) in [6, 6.07) is 10.2. The molecule has 3 aromatic rings. The Morgan fingerprint density at radius 3 is 2.87 bits per heavy atom. The van der Waals surface area contributed by atoms with Crippen molar-refractivity contribution >= 4 is 0 Å². The summed E-state index contributed by atoms with van der Waals surface area (Å²) < 4.78 is 7.35. The van der Waals surface area contributed by atoms with Crippen molar-refractivity contribution in [1.29, 1.82) is 0 Å². The van der Waals surface area contributed by atoms with Crippen LogP contribution in [0.3, 0.4) is 0 Å². The van der Waals surface area contributed by atoms with Gasteiger partial charge in [-0.2, -0.15) is 10.1 Å². The molecular formula is C17H17N5O. The van der Waals surface area contributed by atoms with Gasteiger partial charge in [0.05, 0.1) is 5.69 Å². The fourth-order valence-electron chi connectivity index (χ4n) is 3.83. The van der Waals surface area contributed by atoms with Crippen molar-refractivity contribution in [1.82, 2.24) is 19.9 Å². The number of hydrogen-bond donors (Lipinski definition) is 1. The molecule has 0 amide bonds. The molecule has 2 aliphatic rings. The van der Waals surface area contributed by atoms with Crippen LogP contribution in [0, 0.1) is 11.8 Å². The van der Waals surface area contributed by atoms with Crippen molar-refractivity contribution in [2.75, 3.05) is 0 Å². The normalized spacial score (nSPS) is 28.7. The number of fused-ring (bicyclic) bond motifs is 1. The summed E-state index contributed by atoms with van der Waals surface area (Å²) in [5.41, 5.74) is 8.05. The van der Waals surface area contributed by atoms with E-state index in [0.29, 0.717) is 29.6 Å². The third-order valence-corrected chi connectivity index (χ3v) is 5.12. The van der Waals surface area contributed by atoms with Crippen LogP contribution in [0.2, 0.25) is 0 Å². The van der Waals surface area contributed by atoms with Crippen molar-refractivity contribution in [2.24, 2.45) is 17.6 Å². The second kappa shape index (κ2) is 4.76. The second-order valence-corrected chi connectivity index (χ2v) is 6.53. The lowest BCUT2D eigenvalue weighted by Crippen LogP contribution is -2.19. The van der Waals surface area contributed by atoms with Crippen LogP contribution in [0.4, 0.5) is 0 Å². The van der Waals surface area contributed by atoms with Crippen molar-refractivity contribution < 1.29 is 4.52 Å². The molecule has 0 saturated heterocycles. The van der Waals surface area contributed by atoms with Crippen molar-refractivity contribution in [3.05, 3.63) is 48.6 Å². The van der Waals surface area contributed by atoms with E-state index in [1.54, 1.807) is 6.20 Å². The molecule has 5 rings (SSSR count). The van der Waals surface area contributed by atoms with E-state index in [1.807, 2.05) is 41.2 Å². The molecular weight excluding hydrogens is 290 g/mol. The minimum atomic E-state index is 0.295. The van der Waals surface area contributed by atoms with E-state index in [2.05, 4.69) is 15.2 Å². The number of hydrogen-bond acceptors (Lipinski definition) is 5. The molecule has 2 fully saturated rings. The maximum Gasteiger partial charge on any atom is 0.230 e. The molecule has 0 unspecified atom stereocenters. The van der Waals surface area contributed by atoms with Gasteiger partial charge < -0.3 is 10.3 Å². The number of aromatic nitrogens is 4. The number of nitrogens with two attached hydrogens (primary N) is 1. The zero-order valence-corrected chi connectivity index (χ0v) is 12.5. The lowest BCUT2D eigenvalue weighted by molar-refractivity contribution is 0.341. The number of benzene rings is 1. The highest BCUT2D eigenvalue weighted by atomic mass is 16.5. The minimum absolute atomic E-state index is 0.295. The first-order chi connectivity index (χ1) is 11.3. The van der Waals surface area contributed by atoms with Gasteiger partial charge in [0.25, 0.3) is 0 Å². The summed E-state index contributed by atoms with van der Waals surface area (Å²) in [7, 11) is 0. The van der Waals surface area contributed by atoms with E-state index >= 15 is 0 Å². The Balaban J connectivity index is 1.46. The topological polar surface area (TPSA) is 82.8 Å². The Labute approximate surface area is 133 Å². The average molecular weight is 307 g/mol. The van der Waals surface area contributed by atoms with Crippen LogP contribution in [-0.2, 0) is 0 Å². The molecule has 0 spiro atoms. The third kappa shape index (κ3) is 2.09. The van der Waals surface area contributed by atoms with E-state index in [1.165, 1.54) is 6.42 Å². The zero-order chi connectivity index (χ0) is 15.4. The van der Waals surface area contributed by atoms with E-state index in [0.717, 1.165) is 23.6 Å². The van der Waals surface area contributed by atoms with Crippen LogP contribution in [0.15, 0.2) is 47.2 Å². The molecule has 2 heterocycles. The van der Waals surface area contributed by atoms with Gasteiger partial charge in [-0.05, 0) is 42.9 Å². The van der Waals surface area contributed by atoms with E-state index in [4.69, 9.17) is 10.3 Å². The largest absolute Gasteiger partial charge is 0.339 e. The molecule has 1 aromatic carbocycles. The van der Waals surface area contributed by atoms with Gasteiger partial charge in [-0.25, -0.2) is 4.68 Å². The fourth-order valence-corrected chi connectivity index (χ4v) is 3.83. The first-order valence-corrected chi connectivity index (χ1v) is 7.99. The number of nitrogens with zero attached hydrogens (tertiary/aromatic N) is 4. The molecule has 23 heavy (non-hydrogen) atoms. The van der Waals surface area contributed by atoms with Gasteiger partial charge in [0.1, 0.15) is 0 Å². The maximum absolute atomic E-state index is 6.14.